The first-order chi connectivity index (χ1) is 13.3. The molecule has 0 unspecified atom stereocenters. The number of para-hydroxylation sites is 1. The summed E-state index contributed by atoms with van der Waals surface area (Å²) < 4.78 is 6.65. The van der Waals surface area contributed by atoms with Crippen molar-refractivity contribution in [3.63, 3.8) is 0 Å². The standard InChI is InChI=1S/C22H24N2O2S/c1-2-26-18-14-12-17(13-15-18)24(21(25)16-8-4-3-5-9-16)22-23-19-10-6-7-11-20(19)27-22/h6-7,10-16H,2-5,8-9H2,1H3. The first-order valence-corrected chi connectivity index (χ1v) is 10.5. The second-order valence-corrected chi connectivity index (χ2v) is 7.91. The van der Waals surface area contributed by atoms with E-state index >= 15 is 0 Å². The average Bonchev–Trinajstić information content (AvgIpc) is 3.14. The molecule has 4 nitrogen and oxygen atoms in total. The molecule has 1 aromatic heterocycles. The molecule has 3 aromatic rings. The Morgan fingerprint density at radius 2 is 1.85 bits per heavy atom. The molecule has 0 aliphatic heterocycles. The number of anilines is 2. The SMILES string of the molecule is CCOc1ccc(N(C(=O)C2CCCCC2)c2nc3ccccc3s2)cc1. The smallest absolute Gasteiger partial charge is 0.236 e. The molecule has 0 N–H and O–H groups in total. The van der Waals surface area contributed by atoms with Gasteiger partial charge >= 0.3 is 0 Å². The zero-order valence-corrected chi connectivity index (χ0v) is 16.4. The lowest BCUT2D eigenvalue weighted by atomic mass is 9.88. The van der Waals surface area contributed by atoms with Crippen molar-refractivity contribution in [1.29, 1.82) is 0 Å². The lowest BCUT2D eigenvalue weighted by molar-refractivity contribution is -0.122. The molecule has 0 saturated heterocycles. The third-order valence-electron chi connectivity index (χ3n) is 5.05. The molecule has 0 spiro atoms. The molecule has 27 heavy (non-hydrogen) atoms. The third-order valence-corrected chi connectivity index (χ3v) is 6.08. The molecule has 1 amide bonds. The highest BCUT2D eigenvalue weighted by molar-refractivity contribution is 7.22. The van der Waals surface area contributed by atoms with Crippen LogP contribution in [0.25, 0.3) is 10.2 Å². The van der Waals surface area contributed by atoms with Crippen LogP contribution in [0.2, 0.25) is 0 Å². The fraction of sp³-hybridized carbons (Fsp3) is 0.364. The van der Waals surface area contributed by atoms with Gasteiger partial charge in [-0.05, 0) is 56.2 Å². The van der Waals surface area contributed by atoms with Crippen LogP contribution in [0.1, 0.15) is 39.0 Å². The van der Waals surface area contributed by atoms with Crippen LogP contribution >= 0.6 is 11.3 Å². The van der Waals surface area contributed by atoms with Gasteiger partial charge in [0, 0.05) is 5.92 Å². The number of ether oxygens (including phenoxy) is 1. The fourth-order valence-corrected chi connectivity index (χ4v) is 4.67. The summed E-state index contributed by atoms with van der Waals surface area (Å²) in [6.45, 7) is 2.59. The highest BCUT2D eigenvalue weighted by atomic mass is 32.1. The number of benzene rings is 2. The van der Waals surface area contributed by atoms with Crippen LogP contribution in [-0.2, 0) is 4.79 Å². The Morgan fingerprint density at radius 1 is 1.11 bits per heavy atom. The van der Waals surface area contributed by atoms with Crippen molar-refractivity contribution in [2.24, 2.45) is 5.92 Å². The number of hydrogen-bond donors (Lipinski definition) is 0. The third kappa shape index (κ3) is 3.83. The number of aromatic nitrogens is 1. The van der Waals surface area contributed by atoms with E-state index in [1.54, 1.807) is 11.3 Å². The zero-order chi connectivity index (χ0) is 18.6. The lowest BCUT2D eigenvalue weighted by Gasteiger charge is -2.27. The largest absolute Gasteiger partial charge is 0.494 e. The lowest BCUT2D eigenvalue weighted by Crippen LogP contribution is -2.33. The van der Waals surface area contributed by atoms with Crippen molar-refractivity contribution >= 4 is 38.3 Å². The number of thiazole rings is 1. The van der Waals surface area contributed by atoms with Gasteiger partial charge in [-0.2, -0.15) is 0 Å². The summed E-state index contributed by atoms with van der Waals surface area (Å²) in [6.07, 6.45) is 5.43. The van der Waals surface area contributed by atoms with E-state index in [1.807, 2.05) is 54.3 Å². The van der Waals surface area contributed by atoms with Gasteiger partial charge in [0.15, 0.2) is 5.13 Å². The molecule has 4 rings (SSSR count). The summed E-state index contributed by atoms with van der Waals surface area (Å²) >= 11 is 1.57. The predicted octanol–water partition coefficient (Wildman–Crippen LogP) is 5.94. The number of nitrogens with zero attached hydrogens (tertiary/aromatic N) is 2. The molecule has 1 heterocycles. The second-order valence-electron chi connectivity index (χ2n) is 6.90. The monoisotopic (exact) mass is 380 g/mol. The summed E-state index contributed by atoms with van der Waals surface area (Å²) in [7, 11) is 0. The van der Waals surface area contributed by atoms with Crippen molar-refractivity contribution in [1.82, 2.24) is 4.98 Å². The van der Waals surface area contributed by atoms with Gasteiger partial charge in [0.05, 0.1) is 22.5 Å². The van der Waals surface area contributed by atoms with Gasteiger partial charge in [0.1, 0.15) is 5.75 Å². The molecular formula is C22H24N2O2S. The molecule has 1 saturated carbocycles. The van der Waals surface area contributed by atoms with Crippen LogP contribution in [0.3, 0.4) is 0 Å². The van der Waals surface area contributed by atoms with Gasteiger partial charge in [-0.3, -0.25) is 9.69 Å². The fourth-order valence-electron chi connectivity index (χ4n) is 3.68. The molecule has 1 aliphatic rings. The Balaban J connectivity index is 1.72. The van der Waals surface area contributed by atoms with E-state index in [-0.39, 0.29) is 11.8 Å². The van der Waals surface area contributed by atoms with E-state index in [0.717, 1.165) is 52.5 Å². The van der Waals surface area contributed by atoms with Crippen LogP contribution < -0.4 is 9.64 Å². The van der Waals surface area contributed by atoms with Gasteiger partial charge in [-0.1, -0.05) is 42.7 Å². The highest BCUT2D eigenvalue weighted by Gasteiger charge is 2.30. The maximum atomic E-state index is 13.4. The summed E-state index contributed by atoms with van der Waals surface area (Å²) in [6, 6.07) is 15.8. The van der Waals surface area contributed by atoms with E-state index in [2.05, 4.69) is 6.07 Å². The van der Waals surface area contributed by atoms with Crippen LogP contribution in [0.5, 0.6) is 5.75 Å². The number of amides is 1. The van der Waals surface area contributed by atoms with Gasteiger partial charge in [0.2, 0.25) is 5.91 Å². The maximum absolute atomic E-state index is 13.4. The molecule has 0 atom stereocenters. The van der Waals surface area contributed by atoms with E-state index in [4.69, 9.17) is 9.72 Å². The van der Waals surface area contributed by atoms with Crippen molar-refractivity contribution in [3.05, 3.63) is 48.5 Å². The summed E-state index contributed by atoms with van der Waals surface area (Å²) in [5.41, 5.74) is 1.79. The number of rotatable bonds is 5. The summed E-state index contributed by atoms with van der Waals surface area (Å²) in [5.74, 6) is 1.06. The maximum Gasteiger partial charge on any atom is 0.236 e. The molecule has 1 aliphatic carbocycles. The number of carbonyl (C=O) groups is 1. The summed E-state index contributed by atoms with van der Waals surface area (Å²) in [4.78, 5) is 20.0. The van der Waals surface area contributed by atoms with Crippen molar-refractivity contribution in [2.45, 2.75) is 39.0 Å². The molecule has 5 heteroatoms. The van der Waals surface area contributed by atoms with Crippen LogP contribution in [-0.4, -0.2) is 17.5 Å². The summed E-state index contributed by atoms with van der Waals surface area (Å²) in [5, 5.41) is 0.746. The Hall–Kier alpha value is -2.40. The molecule has 0 bridgehead atoms. The Morgan fingerprint density at radius 3 is 2.56 bits per heavy atom. The Bertz CT molecular complexity index is 880. The number of carbonyl (C=O) groups excluding carboxylic acids is 1. The van der Waals surface area contributed by atoms with Crippen molar-refractivity contribution in [2.75, 3.05) is 11.5 Å². The number of fused-ring (bicyclic) bond motifs is 1. The minimum atomic E-state index is 0.0809. The normalized spacial score (nSPS) is 15.0. The molecular weight excluding hydrogens is 356 g/mol. The first-order valence-electron chi connectivity index (χ1n) is 9.68. The van der Waals surface area contributed by atoms with E-state index in [1.165, 1.54) is 6.42 Å². The van der Waals surface area contributed by atoms with Crippen molar-refractivity contribution in [3.8, 4) is 5.75 Å². The van der Waals surface area contributed by atoms with Gasteiger partial charge in [0.25, 0.3) is 0 Å². The zero-order valence-electron chi connectivity index (χ0n) is 15.6. The molecule has 2 aromatic carbocycles. The van der Waals surface area contributed by atoms with Gasteiger partial charge in [-0.15, -0.1) is 0 Å². The molecule has 0 radical (unpaired) electrons. The van der Waals surface area contributed by atoms with E-state index in [9.17, 15) is 4.79 Å². The van der Waals surface area contributed by atoms with Gasteiger partial charge in [-0.25, -0.2) is 4.98 Å². The predicted molar refractivity (Wildman–Crippen MR) is 111 cm³/mol. The average molecular weight is 381 g/mol. The van der Waals surface area contributed by atoms with Crippen LogP contribution in [0.15, 0.2) is 48.5 Å². The molecule has 1 fully saturated rings. The highest BCUT2D eigenvalue weighted by Crippen LogP contribution is 2.37. The Labute approximate surface area is 163 Å². The quantitative estimate of drug-likeness (QED) is 0.550. The first kappa shape index (κ1) is 18.0. The Kier molecular flexibility index (Phi) is 5.39. The second kappa shape index (κ2) is 8.09. The van der Waals surface area contributed by atoms with Crippen molar-refractivity contribution < 1.29 is 9.53 Å². The van der Waals surface area contributed by atoms with Crippen LogP contribution in [0, 0.1) is 5.92 Å². The van der Waals surface area contributed by atoms with Crippen LogP contribution in [0.4, 0.5) is 10.8 Å². The topological polar surface area (TPSA) is 42.4 Å². The molecule has 140 valence electrons. The van der Waals surface area contributed by atoms with E-state index in [0.29, 0.717) is 6.61 Å². The van der Waals surface area contributed by atoms with Gasteiger partial charge < -0.3 is 4.74 Å². The van der Waals surface area contributed by atoms with E-state index < -0.39 is 0 Å². The minimum absolute atomic E-state index is 0.0809. The minimum Gasteiger partial charge on any atom is -0.494 e. The number of hydrogen-bond acceptors (Lipinski definition) is 4.